The van der Waals surface area contributed by atoms with Crippen molar-refractivity contribution in [1.29, 1.82) is 0 Å². The number of benzene rings is 1. The lowest BCUT2D eigenvalue weighted by atomic mass is 9.89. The lowest BCUT2D eigenvalue weighted by Crippen LogP contribution is -2.53. The number of carboxylic acids is 1. The molecule has 0 saturated heterocycles. The second-order valence-corrected chi connectivity index (χ2v) is 7.15. The number of nitrogens with zero attached hydrogens (tertiary/aromatic N) is 2. The van der Waals surface area contributed by atoms with E-state index in [2.05, 4.69) is 15.5 Å². The van der Waals surface area contributed by atoms with E-state index in [1.807, 2.05) is 37.3 Å². The summed E-state index contributed by atoms with van der Waals surface area (Å²) in [5.74, 6) is -3.03. The first kappa shape index (κ1) is 21.4. The number of fused-ring (bicyclic) bond motifs is 1. The van der Waals surface area contributed by atoms with Gasteiger partial charge in [-0.15, -0.1) is 0 Å². The maximum absolute atomic E-state index is 13.0. The summed E-state index contributed by atoms with van der Waals surface area (Å²) in [5.41, 5.74) is -0.362. The Morgan fingerprint density at radius 2 is 2.07 bits per heavy atom. The van der Waals surface area contributed by atoms with Gasteiger partial charge in [0.2, 0.25) is 5.60 Å². The molecule has 2 aromatic rings. The summed E-state index contributed by atoms with van der Waals surface area (Å²) >= 11 is 0. The average molecular weight is 415 g/mol. The molecule has 0 fully saturated rings. The van der Waals surface area contributed by atoms with Gasteiger partial charge in [-0.3, -0.25) is 19.4 Å². The van der Waals surface area contributed by atoms with E-state index in [-0.39, 0.29) is 12.8 Å². The number of aromatic nitrogens is 1. The van der Waals surface area contributed by atoms with Gasteiger partial charge in [0.25, 0.3) is 5.91 Å². The molecule has 2 atom stereocenters. The third-order valence-electron chi connectivity index (χ3n) is 5.00. The summed E-state index contributed by atoms with van der Waals surface area (Å²) < 4.78 is 12.8. The van der Waals surface area contributed by atoms with Crippen LogP contribution in [0.15, 0.2) is 41.7 Å². The number of halogens is 1. The van der Waals surface area contributed by atoms with Crippen molar-refractivity contribution in [3.8, 4) is 0 Å². The van der Waals surface area contributed by atoms with Gasteiger partial charge in [0.05, 0.1) is 12.1 Å². The van der Waals surface area contributed by atoms with Gasteiger partial charge in [-0.1, -0.05) is 42.8 Å². The van der Waals surface area contributed by atoms with Crippen LogP contribution in [-0.4, -0.2) is 51.8 Å². The van der Waals surface area contributed by atoms with Crippen molar-refractivity contribution >= 4 is 34.1 Å². The van der Waals surface area contributed by atoms with Crippen molar-refractivity contribution in [2.45, 2.75) is 44.2 Å². The molecule has 30 heavy (non-hydrogen) atoms. The minimum absolute atomic E-state index is 0.0945. The van der Waals surface area contributed by atoms with E-state index in [9.17, 15) is 18.8 Å². The fourth-order valence-corrected chi connectivity index (χ4v) is 3.53. The third-order valence-corrected chi connectivity index (χ3v) is 5.00. The molecule has 0 saturated carbocycles. The first-order valence-electron chi connectivity index (χ1n) is 9.61. The predicted molar refractivity (Wildman–Crippen MR) is 107 cm³/mol. The molecule has 2 N–H and O–H groups in total. The van der Waals surface area contributed by atoms with Crippen LogP contribution in [0, 0.1) is 0 Å². The zero-order valence-electron chi connectivity index (χ0n) is 16.4. The number of alkyl halides is 1. The molecule has 0 bridgehead atoms. The van der Waals surface area contributed by atoms with Crippen LogP contribution in [0.5, 0.6) is 0 Å². The van der Waals surface area contributed by atoms with Gasteiger partial charge in [-0.05, 0) is 17.9 Å². The zero-order valence-corrected chi connectivity index (χ0v) is 16.4. The number of hydrogen-bond donors (Lipinski definition) is 2. The molecule has 9 heteroatoms. The Bertz CT molecular complexity index is 1000. The number of carbonyl (C=O) groups is 3. The molecule has 1 aromatic heterocycles. The van der Waals surface area contributed by atoms with Crippen molar-refractivity contribution in [2.75, 3.05) is 6.67 Å². The van der Waals surface area contributed by atoms with Crippen molar-refractivity contribution in [3.63, 3.8) is 0 Å². The molecule has 1 unspecified atom stereocenters. The van der Waals surface area contributed by atoms with E-state index in [4.69, 9.17) is 9.94 Å². The van der Waals surface area contributed by atoms with Crippen LogP contribution in [0.3, 0.4) is 0 Å². The van der Waals surface area contributed by atoms with E-state index in [0.717, 1.165) is 10.8 Å². The largest absolute Gasteiger partial charge is 0.481 e. The molecule has 1 aliphatic rings. The molecular weight excluding hydrogens is 393 g/mol. The smallest absolute Gasteiger partial charge is 0.305 e. The highest BCUT2D eigenvalue weighted by Gasteiger charge is 2.47. The summed E-state index contributed by atoms with van der Waals surface area (Å²) in [6.07, 6.45) is 1.87. The number of carboxylic acid groups (broad SMARTS) is 1. The zero-order chi connectivity index (χ0) is 21.7. The summed E-state index contributed by atoms with van der Waals surface area (Å²) in [5, 5.41) is 17.2. The van der Waals surface area contributed by atoms with Crippen LogP contribution in [-0.2, 0) is 19.2 Å². The molecule has 0 spiro atoms. The highest BCUT2D eigenvalue weighted by atomic mass is 19.1. The molecule has 1 amide bonds. The Balaban J connectivity index is 1.86. The number of hydrogen-bond acceptors (Lipinski definition) is 6. The number of amides is 1. The number of pyridine rings is 1. The SMILES string of the molecule is CCC[C@@]1(C(=O)NC(CC(=O)O)C(=O)CF)CC(c2nccc3ccccc23)=NO1. The van der Waals surface area contributed by atoms with E-state index < -0.39 is 42.4 Å². The lowest BCUT2D eigenvalue weighted by Gasteiger charge is -2.27. The topological polar surface area (TPSA) is 118 Å². The van der Waals surface area contributed by atoms with Crippen molar-refractivity contribution in [2.24, 2.45) is 5.16 Å². The van der Waals surface area contributed by atoms with E-state index >= 15 is 0 Å². The summed E-state index contributed by atoms with van der Waals surface area (Å²) in [6, 6.07) is 7.98. The standard InChI is InChI=1S/C21H22FN3O5/c1-2-8-21(20(29)24-15(10-18(27)28)17(26)12-22)11-16(25-30-21)19-14-6-4-3-5-13(14)7-9-23-19/h3-7,9,15H,2,8,10-12H2,1H3,(H,24,29)(H,27,28)/t15?,21-/m0/s1. The van der Waals surface area contributed by atoms with Gasteiger partial charge in [-0.2, -0.15) is 0 Å². The van der Waals surface area contributed by atoms with Gasteiger partial charge >= 0.3 is 5.97 Å². The monoisotopic (exact) mass is 415 g/mol. The fraction of sp³-hybridized carbons (Fsp3) is 0.381. The molecule has 0 aliphatic carbocycles. The Hall–Kier alpha value is -3.36. The van der Waals surface area contributed by atoms with Gasteiger partial charge in [0.1, 0.15) is 18.4 Å². The quantitative estimate of drug-likeness (QED) is 0.649. The summed E-state index contributed by atoms with van der Waals surface area (Å²) in [4.78, 5) is 45.7. The molecule has 3 rings (SSSR count). The summed E-state index contributed by atoms with van der Waals surface area (Å²) in [6.45, 7) is 0.482. The highest BCUT2D eigenvalue weighted by molar-refractivity contribution is 6.12. The first-order chi connectivity index (χ1) is 14.4. The Morgan fingerprint density at radius 3 is 2.77 bits per heavy atom. The highest BCUT2D eigenvalue weighted by Crippen LogP contribution is 2.33. The Morgan fingerprint density at radius 1 is 1.30 bits per heavy atom. The molecule has 158 valence electrons. The maximum Gasteiger partial charge on any atom is 0.305 e. The number of aliphatic carboxylic acids is 1. The Labute approximate surface area is 172 Å². The third kappa shape index (κ3) is 4.29. The molecule has 0 radical (unpaired) electrons. The first-order valence-corrected chi connectivity index (χ1v) is 9.61. The van der Waals surface area contributed by atoms with Crippen LogP contribution in [0.1, 0.15) is 38.3 Å². The normalized spacial score (nSPS) is 19.1. The number of oxime groups is 1. The number of ketones is 1. The van der Waals surface area contributed by atoms with Gasteiger partial charge in [-0.25, -0.2) is 4.39 Å². The van der Waals surface area contributed by atoms with Crippen LogP contribution < -0.4 is 5.32 Å². The van der Waals surface area contributed by atoms with Gasteiger partial charge < -0.3 is 15.3 Å². The van der Waals surface area contributed by atoms with Crippen molar-refractivity contribution < 1.29 is 28.7 Å². The average Bonchev–Trinajstić information content (AvgIpc) is 3.17. The number of nitrogens with one attached hydrogen (secondary N) is 1. The van der Waals surface area contributed by atoms with Crippen LogP contribution in [0.4, 0.5) is 4.39 Å². The fourth-order valence-electron chi connectivity index (χ4n) is 3.53. The molecule has 8 nitrogen and oxygen atoms in total. The minimum Gasteiger partial charge on any atom is -0.481 e. The maximum atomic E-state index is 13.0. The van der Waals surface area contributed by atoms with E-state index in [0.29, 0.717) is 17.8 Å². The lowest BCUT2D eigenvalue weighted by molar-refractivity contribution is -0.148. The predicted octanol–water partition coefficient (Wildman–Crippen LogP) is 2.40. The van der Waals surface area contributed by atoms with Crippen LogP contribution in [0.25, 0.3) is 10.8 Å². The Kier molecular flexibility index (Phi) is 6.39. The minimum atomic E-state index is -1.47. The van der Waals surface area contributed by atoms with Gasteiger partial charge in [0.15, 0.2) is 5.78 Å². The molecule has 2 heterocycles. The van der Waals surface area contributed by atoms with Crippen LogP contribution >= 0.6 is 0 Å². The molecular formula is C21H22FN3O5. The van der Waals surface area contributed by atoms with E-state index in [1.54, 1.807) is 6.20 Å². The van der Waals surface area contributed by atoms with Crippen molar-refractivity contribution in [3.05, 3.63) is 42.2 Å². The van der Waals surface area contributed by atoms with Crippen molar-refractivity contribution in [1.82, 2.24) is 10.3 Å². The number of carbonyl (C=O) groups excluding carboxylic acids is 2. The van der Waals surface area contributed by atoms with E-state index in [1.165, 1.54) is 0 Å². The second-order valence-electron chi connectivity index (χ2n) is 7.15. The summed E-state index contributed by atoms with van der Waals surface area (Å²) in [7, 11) is 0. The molecule has 1 aromatic carbocycles. The van der Waals surface area contributed by atoms with Gasteiger partial charge in [0, 0.05) is 18.0 Å². The van der Waals surface area contributed by atoms with Crippen LogP contribution in [0.2, 0.25) is 0 Å². The number of rotatable bonds is 9. The second kappa shape index (κ2) is 8.98. The number of Topliss-reactive ketones (excluding diaryl/α,β-unsaturated/α-hetero) is 1. The molecule has 1 aliphatic heterocycles.